The van der Waals surface area contributed by atoms with E-state index >= 15 is 0 Å². The van der Waals surface area contributed by atoms with Gasteiger partial charge in [-0.05, 0) is 25.0 Å². The summed E-state index contributed by atoms with van der Waals surface area (Å²) in [6.45, 7) is 8.19. The van der Waals surface area contributed by atoms with Crippen molar-refractivity contribution in [2.75, 3.05) is 19.6 Å². The van der Waals surface area contributed by atoms with Crippen molar-refractivity contribution < 1.29 is 9.32 Å². The fourth-order valence-corrected chi connectivity index (χ4v) is 2.49. The van der Waals surface area contributed by atoms with Gasteiger partial charge < -0.3 is 20.5 Å². The highest BCUT2D eigenvalue weighted by Gasteiger charge is 2.09. The number of rotatable bonds is 8. The summed E-state index contributed by atoms with van der Waals surface area (Å²) in [6, 6.07) is 8.88. The predicted molar refractivity (Wildman–Crippen MR) is 107 cm³/mol. The van der Waals surface area contributed by atoms with Gasteiger partial charge in [0.1, 0.15) is 6.54 Å². The summed E-state index contributed by atoms with van der Waals surface area (Å²) in [7, 11) is 0. The average Bonchev–Trinajstić information content (AvgIpc) is 3.12. The molecular weight excluding hydrogens is 366 g/mol. The zero-order valence-electron chi connectivity index (χ0n) is 15.9. The van der Waals surface area contributed by atoms with Crippen molar-refractivity contribution in [2.45, 2.75) is 33.2 Å². The monoisotopic (exact) mass is 391 g/mol. The lowest BCUT2D eigenvalue weighted by Gasteiger charge is -2.11. The van der Waals surface area contributed by atoms with Crippen molar-refractivity contribution >= 4 is 23.5 Å². The predicted octanol–water partition coefficient (Wildman–Crippen LogP) is 2.94. The summed E-state index contributed by atoms with van der Waals surface area (Å²) in [5.41, 5.74) is 1.38. The smallest absolute Gasteiger partial charge is 0.252 e. The van der Waals surface area contributed by atoms with E-state index in [4.69, 9.17) is 16.1 Å². The second-order valence-corrected chi connectivity index (χ2v) is 6.64. The van der Waals surface area contributed by atoms with E-state index < -0.39 is 0 Å². The second-order valence-electron chi connectivity index (χ2n) is 6.23. The van der Waals surface area contributed by atoms with Crippen molar-refractivity contribution in [3.05, 3.63) is 52.4 Å². The van der Waals surface area contributed by atoms with Gasteiger partial charge in [-0.2, -0.15) is 0 Å². The van der Waals surface area contributed by atoms with E-state index in [1.165, 1.54) is 0 Å². The number of hydrogen-bond acceptors (Lipinski definition) is 4. The molecule has 2 aromatic rings. The molecule has 0 aliphatic heterocycles. The number of aromatic nitrogens is 1. The number of guanidine groups is 1. The molecule has 0 aliphatic rings. The van der Waals surface area contributed by atoms with Crippen LogP contribution < -0.4 is 16.0 Å². The fourth-order valence-electron chi connectivity index (χ4n) is 2.27. The summed E-state index contributed by atoms with van der Waals surface area (Å²) >= 11 is 6.02. The van der Waals surface area contributed by atoms with Crippen molar-refractivity contribution in [1.82, 2.24) is 21.1 Å². The lowest BCUT2D eigenvalue weighted by molar-refractivity contribution is 0.0954. The quantitative estimate of drug-likeness (QED) is 0.365. The van der Waals surface area contributed by atoms with E-state index in [1.807, 2.05) is 13.0 Å². The first-order valence-electron chi connectivity index (χ1n) is 9.01. The number of carbonyl (C=O) groups is 1. The zero-order valence-corrected chi connectivity index (χ0v) is 16.6. The largest absolute Gasteiger partial charge is 0.359 e. The van der Waals surface area contributed by atoms with Crippen LogP contribution in [0.4, 0.5) is 0 Å². The van der Waals surface area contributed by atoms with Gasteiger partial charge in [-0.25, -0.2) is 4.99 Å². The number of amides is 1. The standard InChI is InChI=1S/C19H26ClN5O2/c1-4-21-19(24-12-14-11-17(13(2)3)25-27-14)23-10-9-22-18(26)15-7-5-6-8-16(15)20/h5-8,11,13H,4,9-10,12H2,1-3H3,(H,22,26)(H2,21,23,24). The topological polar surface area (TPSA) is 91.6 Å². The Bertz CT molecular complexity index is 773. The maximum Gasteiger partial charge on any atom is 0.252 e. The van der Waals surface area contributed by atoms with E-state index in [-0.39, 0.29) is 5.91 Å². The molecule has 0 saturated carbocycles. The Morgan fingerprint density at radius 3 is 2.63 bits per heavy atom. The molecule has 7 nitrogen and oxygen atoms in total. The van der Waals surface area contributed by atoms with E-state index in [0.717, 1.165) is 12.2 Å². The van der Waals surface area contributed by atoms with Gasteiger partial charge in [0.25, 0.3) is 5.91 Å². The van der Waals surface area contributed by atoms with Gasteiger partial charge in [0.05, 0.1) is 16.3 Å². The Kier molecular flexibility index (Phi) is 8.13. The molecule has 0 aliphatic carbocycles. The summed E-state index contributed by atoms with van der Waals surface area (Å²) in [5.74, 6) is 1.47. The first kappa shape index (κ1) is 20.8. The number of carbonyl (C=O) groups excluding carboxylic acids is 1. The molecule has 3 N–H and O–H groups in total. The third kappa shape index (κ3) is 6.60. The van der Waals surface area contributed by atoms with Crippen LogP contribution in [0.3, 0.4) is 0 Å². The highest BCUT2D eigenvalue weighted by Crippen LogP contribution is 2.15. The minimum Gasteiger partial charge on any atom is -0.359 e. The van der Waals surface area contributed by atoms with E-state index in [0.29, 0.717) is 47.9 Å². The van der Waals surface area contributed by atoms with Crippen LogP contribution in [-0.2, 0) is 6.54 Å². The number of aliphatic imine (C=N–C) groups is 1. The van der Waals surface area contributed by atoms with Crippen LogP contribution in [0.15, 0.2) is 39.8 Å². The van der Waals surface area contributed by atoms with Crippen LogP contribution in [0.1, 0.15) is 48.5 Å². The summed E-state index contributed by atoms with van der Waals surface area (Å²) in [6.07, 6.45) is 0. The van der Waals surface area contributed by atoms with Gasteiger partial charge in [-0.15, -0.1) is 0 Å². The van der Waals surface area contributed by atoms with Gasteiger partial charge in [0, 0.05) is 25.7 Å². The Labute approximate surface area is 164 Å². The van der Waals surface area contributed by atoms with Crippen molar-refractivity contribution in [2.24, 2.45) is 4.99 Å². The highest BCUT2D eigenvalue weighted by atomic mass is 35.5. The summed E-state index contributed by atoms with van der Waals surface area (Å²) < 4.78 is 5.29. The lowest BCUT2D eigenvalue weighted by Crippen LogP contribution is -2.41. The lowest BCUT2D eigenvalue weighted by atomic mass is 10.1. The summed E-state index contributed by atoms with van der Waals surface area (Å²) in [4.78, 5) is 16.6. The van der Waals surface area contributed by atoms with Crippen molar-refractivity contribution in [3.8, 4) is 0 Å². The van der Waals surface area contributed by atoms with Crippen LogP contribution in [-0.4, -0.2) is 36.7 Å². The maximum atomic E-state index is 12.1. The number of benzene rings is 1. The first-order chi connectivity index (χ1) is 13.0. The molecule has 2 rings (SSSR count). The molecule has 0 spiro atoms. The number of nitrogens with one attached hydrogen (secondary N) is 3. The molecular formula is C19H26ClN5O2. The minimum atomic E-state index is -0.202. The van der Waals surface area contributed by atoms with Gasteiger partial charge in [0.15, 0.2) is 11.7 Å². The molecule has 0 radical (unpaired) electrons. The van der Waals surface area contributed by atoms with E-state index in [9.17, 15) is 4.79 Å². The molecule has 0 fully saturated rings. The molecule has 1 heterocycles. The van der Waals surface area contributed by atoms with Crippen LogP contribution in [0.5, 0.6) is 0 Å². The third-order valence-corrected chi connectivity index (χ3v) is 4.06. The Morgan fingerprint density at radius 2 is 1.96 bits per heavy atom. The molecule has 0 saturated heterocycles. The van der Waals surface area contributed by atoms with Gasteiger partial charge in [0.2, 0.25) is 0 Å². The molecule has 8 heteroatoms. The van der Waals surface area contributed by atoms with Gasteiger partial charge in [-0.3, -0.25) is 4.79 Å². The molecule has 0 atom stereocenters. The highest BCUT2D eigenvalue weighted by molar-refractivity contribution is 6.33. The number of nitrogens with zero attached hydrogens (tertiary/aromatic N) is 2. The third-order valence-electron chi connectivity index (χ3n) is 3.73. The fraction of sp³-hybridized carbons (Fsp3) is 0.421. The Hall–Kier alpha value is -2.54. The number of halogens is 1. The average molecular weight is 392 g/mol. The van der Waals surface area contributed by atoms with Crippen LogP contribution >= 0.6 is 11.6 Å². The van der Waals surface area contributed by atoms with E-state index in [2.05, 4.69) is 39.9 Å². The summed E-state index contributed by atoms with van der Waals surface area (Å²) in [5, 5.41) is 13.6. The van der Waals surface area contributed by atoms with Crippen LogP contribution in [0.25, 0.3) is 0 Å². The molecule has 146 valence electrons. The number of hydrogen-bond donors (Lipinski definition) is 3. The molecule has 0 unspecified atom stereocenters. The minimum absolute atomic E-state index is 0.202. The molecule has 0 bridgehead atoms. The Morgan fingerprint density at radius 1 is 1.22 bits per heavy atom. The molecule has 1 amide bonds. The molecule has 1 aromatic heterocycles. The zero-order chi connectivity index (χ0) is 19.6. The Balaban J connectivity index is 1.81. The second kappa shape index (κ2) is 10.6. The van der Waals surface area contributed by atoms with Crippen molar-refractivity contribution in [1.29, 1.82) is 0 Å². The van der Waals surface area contributed by atoms with Crippen LogP contribution in [0.2, 0.25) is 5.02 Å². The SMILES string of the molecule is CCNC(=NCc1cc(C(C)C)no1)NCCNC(=O)c1ccccc1Cl. The van der Waals surface area contributed by atoms with E-state index in [1.54, 1.807) is 24.3 Å². The molecule has 27 heavy (non-hydrogen) atoms. The van der Waals surface area contributed by atoms with Gasteiger partial charge in [-0.1, -0.05) is 42.7 Å². The normalized spacial score (nSPS) is 11.5. The van der Waals surface area contributed by atoms with Crippen molar-refractivity contribution in [3.63, 3.8) is 0 Å². The van der Waals surface area contributed by atoms with Gasteiger partial charge >= 0.3 is 0 Å². The maximum absolute atomic E-state index is 12.1. The van der Waals surface area contributed by atoms with Crippen LogP contribution in [0, 0.1) is 0 Å². The molecule has 1 aromatic carbocycles. The first-order valence-corrected chi connectivity index (χ1v) is 9.39.